The Morgan fingerprint density at radius 1 is 1.04 bits per heavy atom. The lowest BCUT2D eigenvalue weighted by Crippen LogP contribution is -2.43. The standard InChI is InChI=1S/C17H20N6O5/c1-2-22-9-6-4-3-5-8(9)11-15(22)18-17-20-19-16(23(17)21-11)14(28)13(27)12(26)10(25)7-24/h3-6,10,12-14,24-28H,2,7H2,1H3/t10-,12-,13+,14-/m1/s1. The minimum absolute atomic E-state index is 0.114. The molecule has 0 aliphatic rings. The number of hydrogen-bond acceptors (Lipinski definition) is 9. The van der Waals surface area contributed by atoms with Gasteiger partial charge in [0.2, 0.25) is 0 Å². The van der Waals surface area contributed by atoms with E-state index in [9.17, 15) is 20.4 Å². The summed E-state index contributed by atoms with van der Waals surface area (Å²) in [7, 11) is 0. The lowest BCUT2D eigenvalue weighted by molar-refractivity contribution is -0.118. The lowest BCUT2D eigenvalue weighted by Gasteiger charge is -2.24. The van der Waals surface area contributed by atoms with Gasteiger partial charge in [-0.2, -0.15) is 14.6 Å². The normalized spacial score (nSPS) is 16.6. The van der Waals surface area contributed by atoms with Crippen molar-refractivity contribution in [2.45, 2.75) is 37.9 Å². The van der Waals surface area contributed by atoms with Crippen LogP contribution >= 0.6 is 0 Å². The van der Waals surface area contributed by atoms with Crippen LogP contribution in [0.15, 0.2) is 24.3 Å². The molecule has 3 heterocycles. The molecular formula is C17H20N6O5. The van der Waals surface area contributed by atoms with E-state index >= 15 is 0 Å². The van der Waals surface area contributed by atoms with Crippen LogP contribution in [0, 0.1) is 0 Å². The Bertz CT molecular complexity index is 1140. The molecule has 28 heavy (non-hydrogen) atoms. The Hall–Kier alpha value is -2.70. The summed E-state index contributed by atoms with van der Waals surface area (Å²) in [4.78, 5) is 4.49. The van der Waals surface area contributed by atoms with Gasteiger partial charge >= 0.3 is 0 Å². The Kier molecular flexibility index (Phi) is 4.69. The van der Waals surface area contributed by atoms with Crippen molar-refractivity contribution in [2.75, 3.05) is 6.61 Å². The van der Waals surface area contributed by atoms with E-state index in [1.807, 2.05) is 35.8 Å². The molecule has 0 fully saturated rings. The first-order valence-corrected chi connectivity index (χ1v) is 8.81. The number of para-hydroxylation sites is 1. The molecule has 0 spiro atoms. The van der Waals surface area contributed by atoms with Crippen LogP contribution in [0.2, 0.25) is 0 Å². The van der Waals surface area contributed by atoms with Crippen LogP contribution in [-0.4, -0.2) is 79.8 Å². The first kappa shape index (κ1) is 18.7. The quantitative estimate of drug-likeness (QED) is 0.272. The number of fused-ring (bicyclic) bond motifs is 4. The predicted molar refractivity (Wildman–Crippen MR) is 97.3 cm³/mol. The van der Waals surface area contributed by atoms with Crippen molar-refractivity contribution in [1.29, 1.82) is 0 Å². The first-order chi connectivity index (χ1) is 13.5. The fraction of sp³-hybridized carbons (Fsp3) is 0.412. The number of hydrogen-bond donors (Lipinski definition) is 5. The number of rotatable bonds is 6. The van der Waals surface area contributed by atoms with E-state index in [0.717, 1.165) is 10.9 Å². The van der Waals surface area contributed by atoms with Crippen LogP contribution < -0.4 is 0 Å². The van der Waals surface area contributed by atoms with Crippen molar-refractivity contribution in [2.24, 2.45) is 0 Å². The smallest absolute Gasteiger partial charge is 0.274 e. The molecule has 4 rings (SSSR count). The van der Waals surface area contributed by atoms with Crippen LogP contribution in [-0.2, 0) is 6.54 Å². The van der Waals surface area contributed by atoms with Crippen LogP contribution in [0.3, 0.4) is 0 Å². The van der Waals surface area contributed by atoms with Gasteiger partial charge in [-0.3, -0.25) is 0 Å². The summed E-state index contributed by atoms with van der Waals surface area (Å²) < 4.78 is 3.18. The molecule has 11 heteroatoms. The molecule has 0 aliphatic heterocycles. The zero-order valence-corrected chi connectivity index (χ0v) is 15.0. The zero-order valence-electron chi connectivity index (χ0n) is 15.0. The van der Waals surface area contributed by atoms with Crippen LogP contribution in [0.5, 0.6) is 0 Å². The molecule has 0 aliphatic carbocycles. The minimum Gasteiger partial charge on any atom is -0.394 e. The van der Waals surface area contributed by atoms with Gasteiger partial charge in [-0.05, 0) is 13.0 Å². The minimum atomic E-state index is -1.82. The molecule has 3 aromatic heterocycles. The van der Waals surface area contributed by atoms with Gasteiger partial charge < -0.3 is 30.1 Å². The summed E-state index contributed by atoms with van der Waals surface area (Å²) in [6.45, 7) is 1.88. The van der Waals surface area contributed by atoms with Gasteiger partial charge in [-0.25, -0.2) is 0 Å². The van der Waals surface area contributed by atoms with Gasteiger partial charge in [0.15, 0.2) is 11.5 Å². The first-order valence-electron chi connectivity index (χ1n) is 8.81. The van der Waals surface area contributed by atoms with Crippen molar-refractivity contribution >= 4 is 27.8 Å². The van der Waals surface area contributed by atoms with Crippen molar-refractivity contribution in [3.05, 3.63) is 30.1 Å². The van der Waals surface area contributed by atoms with Crippen molar-refractivity contribution in [3.63, 3.8) is 0 Å². The topological polar surface area (TPSA) is 162 Å². The molecule has 1 aromatic carbocycles. The van der Waals surface area contributed by atoms with Gasteiger partial charge in [0.25, 0.3) is 5.78 Å². The maximum atomic E-state index is 10.4. The highest BCUT2D eigenvalue weighted by atomic mass is 16.4. The molecule has 148 valence electrons. The van der Waals surface area contributed by atoms with E-state index in [1.165, 1.54) is 4.52 Å². The number of aryl methyl sites for hydroxylation is 1. The van der Waals surface area contributed by atoms with Crippen molar-refractivity contribution in [3.8, 4) is 0 Å². The Balaban J connectivity index is 1.87. The molecule has 0 bridgehead atoms. The van der Waals surface area contributed by atoms with Crippen molar-refractivity contribution in [1.82, 2.24) is 29.4 Å². The Labute approximate surface area is 158 Å². The SMILES string of the molecule is CCn1c2ccccc2c2nn3c([C@H](O)[C@@H](O)[C@H](O)[C@H](O)CO)nnc3nc21. The average molecular weight is 388 g/mol. The number of aromatic nitrogens is 6. The van der Waals surface area contributed by atoms with Gasteiger partial charge in [-0.15, -0.1) is 10.2 Å². The highest BCUT2D eigenvalue weighted by Gasteiger charge is 2.34. The van der Waals surface area contributed by atoms with Crippen LogP contribution in [0.1, 0.15) is 18.9 Å². The highest BCUT2D eigenvalue weighted by molar-refractivity contribution is 6.04. The van der Waals surface area contributed by atoms with Gasteiger partial charge in [-0.1, -0.05) is 18.2 Å². The van der Waals surface area contributed by atoms with E-state index in [1.54, 1.807) is 0 Å². The Morgan fingerprint density at radius 2 is 1.79 bits per heavy atom. The summed E-state index contributed by atoms with van der Waals surface area (Å²) in [6.07, 6.45) is -6.93. The summed E-state index contributed by atoms with van der Waals surface area (Å²) in [5, 5.41) is 62.0. The number of nitrogens with zero attached hydrogens (tertiary/aromatic N) is 6. The second-order valence-electron chi connectivity index (χ2n) is 6.49. The summed E-state index contributed by atoms with van der Waals surface area (Å²) in [6, 6.07) is 7.65. The highest BCUT2D eigenvalue weighted by Crippen LogP contribution is 2.27. The fourth-order valence-electron chi connectivity index (χ4n) is 3.31. The fourth-order valence-corrected chi connectivity index (χ4v) is 3.31. The van der Waals surface area contributed by atoms with Crippen LogP contribution in [0.25, 0.3) is 27.8 Å². The molecule has 0 unspecified atom stereocenters. The van der Waals surface area contributed by atoms with E-state index < -0.39 is 31.0 Å². The second-order valence-corrected chi connectivity index (χ2v) is 6.49. The number of benzene rings is 1. The molecule has 11 nitrogen and oxygen atoms in total. The third-order valence-corrected chi connectivity index (χ3v) is 4.81. The monoisotopic (exact) mass is 388 g/mol. The largest absolute Gasteiger partial charge is 0.394 e. The summed E-state index contributed by atoms with van der Waals surface area (Å²) in [5.41, 5.74) is 2.13. The molecule has 0 saturated carbocycles. The molecule has 4 atom stereocenters. The maximum Gasteiger partial charge on any atom is 0.274 e. The Morgan fingerprint density at radius 3 is 2.50 bits per heavy atom. The van der Waals surface area contributed by atoms with E-state index in [2.05, 4.69) is 20.3 Å². The van der Waals surface area contributed by atoms with E-state index in [-0.39, 0.29) is 11.6 Å². The summed E-state index contributed by atoms with van der Waals surface area (Å²) >= 11 is 0. The third-order valence-electron chi connectivity index (χ3n) is 4.81. The van der Waals surface area contributed by atoms with Crippen molar-refractivity contribution < 1.29 is 25.5 Å². The van der Waals surface area contributed by atoms with E-state index in [0.29, 0.717) is 17.7 Å². The second kappa shape index (κ2) is 7.04. The molecule has 0 saturated heterocycles. The van der Waals surface area contributed by atoms with Gasteiger partial charge in [0.05, 0.1) is 12.1 Å². The van der Waals surface area contributed by atoms with Gasteiger partial charge in [0.1, 0.15) is 29.9 Å². The average Bonchev–Trinajstić information content (AvgIpc) is 3.28. The molecule has 4 aromatic rings. The maximum absolute atomic E-state index is 10.4. The molecule has 0 amide bonds. The molecule has 5 N–H and O–H groups in total. The number of aliphatic hydroxyl groups is 5. The third kappa shape index (κ3) is 2.72. The lowest BCUT2D eigenvalue weighted by atomic mass is 10.0. The molecular weight excluding hydrogens is 368 g/mol. The van der Waals surface area contributed by atoms with Gasteiger partial charge in [0, 0.05) is 11.9 Å². The number of aliphatic hydroxyl groups excluding tert-OH is 5. The predicted octanol–water partition coefficient (Wildman–Crippen LogP) is -1.24. The van der Waals surface area contributed by atoms with Crippen LogP contribution in [0.4, 0.5) is 0 Å². The zero-order chi connectivity index (χ0) is 20.0. The summed E-state index contributed by atoms with van der Waals surface area (Å²) in [5.74, 6) is -0.0297. The van der Waals surface area contributed by atoms with E-state index in [4.69, 9.17) is 5.11 Å². The molecule has 0 radical (unpaired) electrons.